The fraction of sp³-hybridized carbons (Fsp3) is 0.600. The number of aromatic nitrogens is 4. The Morgan fingerprint density at radius 2 is 1.96 bits per heavy atom. The van der Waals surface area contributed by atoms with E-state index in [2.05, 4.69) is 51.6 Å². The third kappa shape index (κ3) is 4.91. The van der Waals surface area contributed by atoms with Crippen molar-refractivity contribution in [2.75, 3.05) is 26.2 Å². The molecule has 8 heteroatoms. The molecule has 0 N–H and O–H groups in total. The predicted octanol–water partition coefficient (Wildman–Crippen LogP) is 2.36. The number of carbonyl (C=O) groups excluding carboxylic acids is 1. The molecule has 0 bridgehead atoms. The lowest BCUT2D eigenvalue weighted by atomic mass is 10.1. The standard InChI is InChI=1S/C20H28N6OS/c1-16-5-4-6-18(13-16)28-17-7-11-25(12-8-17)20(27)15-26-19(21-22-23-26)14-24-9-2-3-10-24/h4-6,13,17H,2-3,7-12,14-15H2,1H3. The van der Waals surface area contributed by atoms with Crippen molar-refractivity contribution >= 4 is 17.7 Å². The second-order valence-electron chi connectivity index (χ2n) is 7.75. The molecule has 150 valence electrons. The lowest BCUT2D eigenvalue weighted by molar-refractivity contribution is -0.132. The van der Waals surface area contributed by atoms with E-state index in [0.29, 0.717) is 5.25 Å². The molecule has 2 aliphatic heterocycles. The summed E-state index contributed by atoms with van der Waals surface area (Å²) in [5.41, 5.74) is 1.30. The Bertz CT molecular complexity index is 795. The summed E-state index contributed by atoms with van der Waals surface area (Å²) in [6.07, 6.45) is 4.52. The average molecular weight is 401 g/mol. The second kappa shape index (κ2) is 9.05. The zero-order chi connectivity index (χ0) is 19.3. The molecule has 2 aliphatic rings. The molecule has 0 aliphatic carbocycles. The minimum absolute atomic E-state index is 0.119. The summed E-state index contributed by atoms with van der Waals surface area (Å²) in [5.74, 6) is 0.911. The van der Waals surface area contributed by atoms with Gasteiger partial charge in [0.25, 0.3) is 0 Å². The molecule has 2 fully saturated rings. The first kappa shape index (κ1) is 19.4. The summed E-state index contributed by atoms with van der Waals surface area (Å²) in [6.45, 7) is 6.90. The second-order valence-corrected chi connectivity index (χ2v) is 9.12. The van der Waals surface area contributed by atoms with Gasteiger partial charge >= 0.3 is 0 Å². The fourth-order valence-electron chi connectivity index (χ4n) is 3.93. The number of likely N-dealkylation sites (tertiary alicyclic amines) is 2. The zero-order valence-corrected chi connectivity index (χ0v) is 17.3. The van der Waals surface area contributed by atoms with Crippen molar-refractivity contribution in [2.45, 2.75) is 55.8 Å². The van der Waals surface area contributed by atoms with Crippen molar-refractivity contribution in [1.29, 1.82) is 0 Å². The molecule has 0 saturated carbocycles. The van der Waals surface area contributed by atoms with E-state index in [-0.39, 0.29) is 12.5 Å². The Hall–Kier alpha value is -1.93. The molecule has 3 heterocycles. The first-order chi connectivity index (χ1) is 13.7. The minimum atomic E-state index is 0.119. The van der Waals surface area contributed by atoms with Crippen LogP contribution < -0.4 is 0 Å². The number of benzene rings is 1. The normalized spacial score (nSPS) is 18.7. The molecular weight excluding hydrogens is 372 g/mol. The van der Waals surface area contributed by atoms with Crippen LogP contribution >= 0.6 is 11.8 Å². The van der Waals surface area contributed by atoms with Crippen molar-refractivity contribution in [1.82, 2.24) is 30.0 Å². The zero-order valence-electron chi connectivity index (χ0n) is 16.5. The van der Waals surface area contributed by atoms with Crippen LogP contribution in [0.15, 0.2) is 29.2 Å². The van der Waals surface area contributed by atoms with Crippen molar-refractivity contribution in [3.8, 4) is 0 Å². The Kier molecular flexibility index (Phi) is 6.26. The number of tetrazole rings is 1. The SMILES string of the molecule is Cc1cccc(SC2CCN(C(=O)Cn3nnnc3CN3CCCC3)CC2)c1. The number of thioether (sulfide) groups is 1. The van der Waals surface area contributed by atoms with E-state index in [1.54, 1.807) is 4.68 Å². The van der Waals surface area contributed by atoms with E-state index < -0.39 is 0 Å². The lowest BCUT2D eigenvalue weighted by Crippen LogP contribution is -2.41. The molecule has 28 heavy (non-hydrogen) atoms. The smallest absolute Gasteiger partial charge is 0.244 e. The lowest BCUT2D eigenvalue weighted by Gasteiger charge is -2.31. The van der Waals surface area contributed by atoms with E-state index in [4.69, 9.17) is 0 Å². The van der Waals surface area contributed by atoms with Crippen LogP contribution in [-0.2, 0) is 17.9 Å². The van der Waals surface area contributed by atoms with Crippen LogP contribution in [0.4, 0.5) is 0 Å². The van der Waals surface area contributed by atoms with Crippen LogP contribution in [0.5, 0.6) is 0 Å². The number of rotatable bonds is 6. The molecule has 7 nitrogen and oxygen atoms in total. The highest BCUT2D eigenvalue weighted by Crippen LogP contribution is 2.30. The maximum absolute atomic E-state index is 12.8. The van der Waals surface area contributed by atoms with E-state index in [1.807, 2.05) is 16.7 Å². The predicted molar refractivity (Wildman–Crippen MR) is 109 cm³/mol. The minimum Gasteiger partial charge on any atom is -0.341 e. The third-order valence-corrected chi connectivity index (χ3v) is 6.87. The summed E-state index contributed by atoms with van der Waals surface area (Å²) in [7, 11) is 0. The van der Waals surface area contributed by atoms with Gasteiger partial charge in [-0.2, -0.15) is 0 Å². The van der Waals surface area contributed by atoms with Crippen LogP contribution in [0.3, 0.4) is 0 Å². The summed E-state index contributed by atoms with van der Waals surface area (Å²) in [6, 6.07) is 8.65. The van der Waals surface area contributed by atoms with E-state index >= 15 is 0 Å². The molecule has 1 amide bonds. The third-order valence-electron chi connectivity index (χ3n) is 5.54. The van der Waals surface area contributed by atoms with Gasteiger partial charge in [0.2, 0.25) is 5.91 Å². The molecular formula is C20H28N6OS. The van der Waals surface area contributed by atoms with Gasteiger partial charge in [0.1, 0.15) is 6.54 Å². The number of piperidine rings is 1. The van der Waals surface area contributed by atoms with E-state index in [1.165, 1.54) is 23.3 Å². The van der Waals surface area contributed by atoms with E-state index in [9.17, 15) is 4.79 Å². The van der Waals surface area contributed by atoms with E-state index in [0.717, 1.165) is 51.4 Å². The largest absolute Gasteiger partial charge is 0.341 e. The number of nitrogens with zero attached hydrogens (tertiary/aromatic N) is 6. The molecule has 0 radical (unpaired) electrons. The van der Waals surface area contributed by atoms with Crippen LogP contribution in [0.1, 0.15) is 37.1 Å². The number of hydrogen-bond donors (Lipinski definition) is 0. The molecule has 2 aromatic rings. The van der Waals surface area contributed by atoms with Crippen LogP contribution in [0.25, 0.3) is 0 Å². The Labute approximate surface area is 170 Å². The van der Waals surface area contributed by atoms with Crippen molar-refractivity contribution in [3.05, 3.63) is 35.7 Å². The van der Waals surface area contributed by atoms with Gasteiger partial charge in [-0.3, -0.25) is 9.69 Å². The van der Waals surface area contributed by atoms with Gasteiger partial charge in [0, 0.05) is 23.2 Å². The van der Waals surface area contributed by atoms with Crippen LogP contribution in [0.2, 0.25) is 0 Å². The molecule has 0 atom stereocenters. The average Bonchev–Trinajstić information content (AvgIpc) is 3.35. The monoisotopic (exact) mass is 400 g/mol. The van der Waals surface area contributed by atoms with Gasteiger partial charge < -0.3 is 4.90 Å². The summed E-state index contributed by atoms with van der Waals surface area (Å²) in [5, 5.41) is 12.5. The molecule has 1 aromatic carbocycles. The molecule has 2 saturated heterocycles. The number of aryl methyl sites for hydroxylation is 1. The first-order valence-electron chi connectivity index (χ1n) is 10.2. The highest BCUT2D eigenvalue weighted by molar-refractivity contribution is 8.00. The maximum atomic E-state index is 12.8. The van der Waals surface area contributed by atoms with Gasteiger partial charge in [-0.1, -0.05) is 17.7 Å². The Balaban J connectivity index is 1.27. The highest BCUT2D eigenvalue weighted by Gasteiger charge is 2.25. The highest BCUT2D eigenvalue weighted by atomic mass is 32.2. The summed E-state index contributed by atoms with van der Waals surface area (Å²) >= 11 is 1.94. The fourth-order valence-corrected chi connectivity index (χ4v) is 5.17. The summed E-state index contributed by atoms with van der Waals surface area (Å²) < 4.78 is 1.67. The molecule has 4 rings (SSSR count). The van der Waals surface area contributed by atoms with Crippen molar-refractivity contribution < 1.29 is 4.79 Å². The van der Waals surface area contributed by atoms with Gasteiger partial charge in [-0.05, 0) is 68.3 Å². The summed E-state index contributed by atoms with van der Waals surface area (Å²) in [4.78, 5) is 18.4. The number of hydrogen-bond acceptors (Lipinski definition) is 6. The van der Waals surface area contributed by atoms with Gasteiger partial charge in [0.15, 0.2) is 5.82 Å². The van der Waals surface area contributed by atoms with Crippen LogP contribution in [0, 0.1) is 6.92 Å². The molecule has 0 spiro atoms. The Morgan fingerprint density at radius 3 is 2.71 bits per heavy atom. The molecule has 0 unspecified atom stereocenters. The van der Waals surface area contributed by atoms with Gasteiger partial charge in [0.05, 0.1) is 6.54 Å². The van der Waals surface area contributed by atoms with Gasteiger partial charge in [-0.25, -0.2) is 4.68 Å². The maximum Gasteiger partial charge on any atom is 0.244 e. The number of carbonyl (C=O) groups is 1. The quantitative estimate of drug-likeness (QED) is 0.742. The van der Waals surface area contributed by atoms with Crippen LogP contribution in [-0.4, -0.2) is 67.3 Å². The van der Waals surface area contributed by atoms with Gasteiger partial charge in [-0.15, -0.1) is 16.9 Å². The number of amides is 1. The first-order valence-corrected chi connectivity index (χ1v) is 11.0. The van der Waals surface area contributed by atoms with Crippen molar-refractivity contribution in [2.24, 2.45) is 0 Å². The molecule has 1 aromatic heterocycles. The topological polar surface area (TPSA) is 67.2 Å². The Morgan fingerprint density at radius 1 is 1.18 bits per heavy atom. The van der Waals surface area contributed by atoms with Crippen molar-refractivity contribution in [3.63, 3.8) is 0 Å².